The van der Waals surface area contributed by atoms with E-state index < -0.39 is 5.97 Å². The molecule has 0 saturated heterocycles. The largest absolute Gasteiger partial charge is 0.493 e. The van der Waals surface area contributed by atoms with Crippen LogP contribution in [0.4, 0.5) is 5.69 Å². The monoisotopic (exact) mass is 534 g/mol. The van der Waals surface area contributed by atoms with Gasteiger partial charge in [-0.3, -0.25) is 4.79 Å². The van der Waals surface area contributed by atoms with Gasteiger partial charge in [-0.1, -0.05) is 42.5 Å². The summed E-state index contributed by atoms with van der Waals surface area (Å²) in [5, 5.41) is 0.728. The third-order valence-electron chi connectivity index (χ3n) is 7.70. The van der Waals surface area contributed by atoms with Crippen LogP contribution in [0.15, 0.2) is 66.7 Å². The molecule has 7 heteroatoms. The highest BCUT2D eigenvalue weighted by atomic mass is 16.5. The molecule has 0 unspecified atom stereocenters. The highest BCUT2D eigenvalue weighted by molar-refractivity contribution is 6.08. The molecule has 0 spiro atoms. The molecule has 1 atom stereocenters. The predicted octanol–water partition coefficient (Wildman–Crippen LogP) is 5.87. The topological polar surface area (TPSA) is 78.0 Å². The Labute approximate surface area is 233 Å². The van der Waals surface area contributed by atoms with E-state index in [4.69, 9.17) is 19.2 Å². The molecule has 1 amide bonds. The zero-order chi connectivity index (χ0) is 27.8. The highest BCUT2D eigenvalue weighted by Crippen LogP contribution is 2.39. The number of esters is 1. The Morgan fingerprint density at radius 3 is 2.58 bits per heavy atom. The van der Waals surface area contributed by atoms with Crippen LogP contribution in [0.3, 0.4) is 0 Å². The quantitative estimate of drug-likeness (QED) is 0.288. The van der Waals surface area contributed by atoms with E-state index in [-0.39, 0.29) is 18.6 Å². The lowest BCUT2D eigenvalue weighted by Gasteiger charge is -2.22. The molecular formula is C33H30N2O5. The predicted molar refractivity (Wildman–Crippen MR) is 155 cm³/mol. The van der Waals surface area contributed by atoms with Crippen molar-refractivity contribution in [3.63, 3.8) is 0 Å². The van der Waals surface area contributed by atoms with Gasteiger partial charge in [0.2, 0.25) is 0 Å². The summed E-state index contributed by atoms with van der Waals surface area (Å²) >= 11 is 0. The Morgan fingerprint density at radius 1 is 0.975 bits per heavy atom. The van der Waals surface area contributed by atoms with Crippen LogP contribution in [0.5, 0.6) is 11.5 Å². The molecule has 7 nitrogen and oxygen atoms in total. The molecule has 2 aliphatic rings. The number of hydrogen-bond acceptors (Lipinski definition) is 6. The number of carbonyl (C=O) groups is 2. The minimum atomic E-state index is -0.504. The lowest BCUT2D eigenvalue weighted by Crippen LogP contribution is -2.38. The average molecular weight is 535 g/mol. The van der Waals surface area contributed by atoms with Gasteiger partial charge in [-0.05, 0) is 78.8 Å². The van der Waals surface area contributed by atoms with Crippen molar-refractivity contribution in [1.82, 2.24) is 4.98 Å². The molecule has 4 aromatic rings. The van der Waals surface area contributed by atoms with Crippen LogP contribution in [0.1, 0.15) is 46.1 Å². The second-order valence-electron chi connectivity index (χ2n) is 10.1. The van der Waals surface area contributed by atoms with Crippen molar-refractivity contribution < 1.29 is 23.8 Å². The number of fused-ring (bicyclic) bond motifs is 3. The number of benzene rings is 3. The molecule has 0 bridgehead atoms. The summed E-state index contributed by atoms with van der Waals surface area (Å²) in [4.78, 5) is 33.5. The average Bonchev–Trinajstić information content (AvgIpc) is 3.53. The van der Waals surface area contributed by atoms with Gasteiger partial charge < -0.3 is 19.1 Å². The molecule has 3 aromatic carbocycles. The summed E-state index contributed by atoms with van der Waals surface area (Å²) in [5.74, 6) is 0.572. The van der Waals surface area contributed by atoms with Gasteiger partial charge >= 0.3 is 5.97 Å². The van der Waals surface area contributed by atoms with Crippen molar-refractivity contribution in [2.45, 2.75) is 32.2 Å². The van der Waals surface area contributed by atoms with Gasteiger partial charge in [-0.2, -0.15) is 0 Å². The van der Waals surface area contributed by atoms with Gasteiger partial charge in [0.05, 0.1) is 31.0 Å². The van der Waals surface area contributed by atoms with Crippen molar-refractivity contribution >= 4 is 40.1 Å². The maximum atomic E-state index is 13.6. The van der Waals surface area contributed by atoms with Crippen LogP contribution in [-0.4, -0.2) is 43.7 Å². The third kappa shape index (κ3) is 4.47. The Bertz CT molecular complexity index is 1680. The Morgan fingerprint density at radius 2 is 1.75 bits per heavy atom. The summed E-state index contributed by atoms with van der Waals surface area (Å²) < 4.78 is 16.5. The maximum absolute atomic E-state index is 13.6. The van der Waals surface area contributed by atoms with Gasteiger partial charge in [0.25, 0.3) is 5.91 Å². The molecule has 0 N–H and O–H groups in total. The zero-order valence-electron chi connectivity index (χ0n) is 22.8. The first-order chi connectivity index (χ1) is 19.5. The number of ether oxygens (including phenoxy) is 3. The molecule has 2 heterocycles. The molecule has 0 fully saturated rings. The number of pyridine rings is 1. The molecular weight excluding hydrogens is 504 g/mol. The molecule has 0 radical (unpaired) electrons. The summed E-state index contributed by atoms with van der Waals surface area (Å²) in [5.41, 5.74) is 6.82. The highest BCUT2D eigenvalue weighted by Gasteiger charge is 2.32. The van der Waals surface area contributed by atoms with Crippen molar-refractivity contribution in [3.05, 3.63) is 94.7 Å². The summed E-state index contributed by atoms with van der Waals surface area (Å²) in [6.45, 7) is 1.69. The van der Waals surface area contributed by atoms with Crippen LogP contribution in [-0.2, 0) is 22.4 Å². The van der Waals surface area contributed by atoms with E-state index >= 15 is 0 Å². The van der Waals surface area contributed by atoms with E-state index in [1.807, 2.05) is 73.7 Å². The Kier molecular flexibility index (Phi) is 6.72. The van der Waals surface area contributed by atoms with E-state index in [1.54, 1.807) is 19.1 Å². The third-order valence-corrected chi connectivity index (χ3v) is 7.70. The number of anilines is 1. The van der Waals surface area contributed by atoms with E-state index in [2.05, 4.69) is 6.08 Å². The van der Waals surface area contributed by atoms with Crippen LogP contribution in [0, 0.1) is 0 Å². The van der Waals surface area contributed by atoms with Gasteiger partial charge in [-0.15, -0.1) is 0 Å². The first-order valence-corrected chi connectivity index (χ1v) is 13.4. The molecule has 1 aromatic heterocycles. The van der Waals surface area contributed by atoms with Crippen LogP contribution >= 0.6 is 0 Å². The zero-order valence-corrected chi connectivity index (χ0v) is 22.8. The number of aromatic nitrogens is 1. The Balaban J connectivity index is 1.31. The number of rotatable bonds is 6. The Hall–Kier alpha value is -4.65. The lowest BCUT2D eigenvalue weighted by molar-refractivity contribution is -0.122. The van der Waals surface area contributed by atoms with Crippen molar-refractivity contribution in [2.75, 3.05) is 25.7 Å². The number of amides is 1. The number of carbonyl (C=O) groups excluding carboxylic acids is 2. The van der Waals surface area contributed by atoms with E-state index in [0.717, 1.165) is 51.9 Å². The van der Waals surface area contributed by atoms with Gasteiger partial charge in [-0.25, -0.2) is 9.78 Å². The second kappa shape index (κ2) is 10.5. The lowest BCUT2D eigenvalue weighted by atomic mass is 10.0. The van der Waals surface area contributed by atoms with E-state index in [0.29, 0.717) is 29.0 Å². The number of nitrogens with zero attached hydrogens (tertiary/aromatic N) is 2. The van der Waals surface area contributed by atoms with E-state index in [9.17, 15) is 9.59 Å². The smallest absolute Gasteiger partial charge is 0.339 e. The SMILES string of the molecule is COc1ccc(/C=C2/CCc3c2nc2ccccc2c3C(=O)OCC(=O)N2c3ccccc3C[C@@H]2C)cc1OC. The van der Waals surface area contributed by atoms with Crippen LogP contribution in [0.25, 0.3) is 22.6 Å². The second-order valence-corrected chi connectivity index (χ2v) is 10.1. The minimum absolute atomic E-state index is 0.0129. The molecule has 1 aliphatic heterocycles. The van der Waals surface area contributed by atoms with Crippen LogP contribution in [0.2, 0.25) is 0 Å². The standard InChI is InChI=1S/C33H30N2O5/c1-20-16-22-8-4-7-11-27(22)35(20)30(36)19-40-33(37)31-24-9-5-6-10-26(24)34-32-23(13-14-25(31)32)17-21-12-15-28(38-2)29(18-21)39-3/h4-12,15,17-18,20H,13-14,16,19H2,1-3H3/b23-17-/t20-/m0/s1. The minimum Gasteiger partial charge on any atom is -0.493 e. The van der Waals surface area contributed by atoms with Gasteiger partial charge in [0, 0.05) is 17.1 Å². The van der Waals surface area contributed by atoms with Gasteiger partial charge in [0.1, 0.15) is 0 Å². The summed E-state index contributed by atoms with van der Waals surface area (Å²) in [6.07, 6.45) is 4.24. The summed E-state index contributed by atoms with van der Waals surface area (Å²) in [7, 11) is 3.22. The van der Waals surface area contributed by atoms with Crippen molar-refractivity contribution in [3.8, 4) is 11.5 Å². The first kappa shape index (κ1) is 25.6. The fraction of sp³-hybridized carbons (Fsp3) is 0.242. The van der Waals surface area contributed by atoms with Crippen molar-refractivity contribution in [1.29, 1.82) is 0 Å². The fourth-order valence-electron chi connectivity index (χ4n) is 5.87. The molecule has 202 valence electrons. The fourth-order valence-corrected chi connectivity index (χ4v) is 5.87. The molecule has 0 saturated carbocycles. The van der Waals surface area contributed by atoms with E-state index in [1.165, 1.54) is 0 Å². The first-order valence-electron chi connectivity index (χ1n) is 13.4. The molecule has 6 rings (SSSR count). The number of methoxy groups -OCH3 is 2. The number of hydrogen-bond donors (Lipinski definition) is 0. The number of allylic oxidation sites excluding steroid dienone is 1. The summed E-state index contributed by atoms with van der Waals surface area (Å²) in [6, 6.07) is 21.2. The normalized spacial score (nSPS) is 16.6. The maximum Gasteiger partial charge on any atom is 0.339 e. The number of para-hydroxylation sites is 2. The van der Waals surface area contributed by atoms with Gasteiger partial charge in [0.15, 0.2) is 18.1 Å². The molecule has 1 aliphatic carbocycles. The van der Waals surface area contributed by atoms with Crippen LogP contribution < -0.4 is 14.4 Å². The van der Waals surface area contributed by atoms with Crippen molar-refractivity contribution in [2.24, 2.45) is 0 Å². The molecule has 40 heavy (non-hydrogen) atoms.